The normalized spacial score (nSPS) is 19.2. The van der Waals surface area contributed by atoms with Crippen LogP contribution in [0.3, 0.4) is 0 Å². The molecule has 0 aromatic heterocycles. The lowest BCUT2D eigenvalue weighted by Crippen LogP contribution is -2.34. The van der Waals surface area contributed by atoms with E-state index in [4.69, 9.17) is 9.47 Å². The second-order valence-corrected chi connectivity index (χ2v) is 7.67. The van der Waals surface area contributed by atoms with E-state index in [0.717, 1.165) is 61.2 Å². The van der Waals surface area contributed by atoms with E-state index < -0.39 is 0 Å². The van der Waals surface area contributed by atoms with Crippen LogP contribution in [0.25, 0.3) is 10.8 Å². The number of benzene rings is 2. The van der Waals surface area contributed by atoms with Crippen LogP contribution in [0.15, 0.2) is 36.4 Å². The molecule has 2 atom stereocenters. The van der Waals surface area contributed by atoms with Crippen LogP contribution in [0.2, 0.25) is 0 Å². The minimum absolute atomic E-state index is 0.0837. The first-order chi connectivity index (χ1) is 13.6. The third-order valence-corrected chi connectivity index (χ3v) is 5.45. The highest BCUT2D eigenvalue weighted by Crippen LogP contribution is 2.25. The third kappa shape index (κ3) is 5.46. The fraction of sp³-hybridized carbons (Fsp3) is 0.522. The molecule has 2 aromatic rings. The van der Waals surface area contributed by atoms with E-state index in [1.165, 1.54) is 0 Å². The van der Waals surface area contributed by atoms with Gasteiger partial charge in [-0.1, -0.05) is 24.3 Å². The van der Waals surface area contributed by atoms with Gasteiger partial charge in [-0.25, -0.2) is 0 Å². The van der Waals surface area contributed by atoms with Crippen LogP contribution >= 0.6 is 0 Å². The lowest BCUT2D eigenvalue weighted by Gasteiger charge is -2.21. The van der Waals surface area contributed by atoms with Crippen molar-refractivity contribution in [1.29, 1.82) is 0 Å². The van der Waals surface area contributed by atoms with Crippen LogP contribution in [0.4, 0.5) is 0 Å². The average molecular weight is 385 g/mol. The lowest BCUT2D eigenvalue weighted by atomic mass is 9.97. The molecule has 2 aromatic carbocycles. The van der Waals surface area contributed by atoms with E-state index in [-0.39, 0.29) is 11.8 Å². The standard InChI is InChI=1S/C23H32N2O3/c1-17-16-25(12-5-13-28-17)11-4-10-24-23(26)18(2)19-6-7-21-15-22(27-3)9-8-20(21)14-19/h6-9,14-15,17-18H,4-5,10-13,16H2,1-3H3,(H,24,26)/t17-,18-/m0/s1. The fourth-order valence-electron chi connectivity index (χ4n) is 3.74. The van der Waals surface area contributed by atoms with Gasteiger partial charge in [0.1, 0.15) is 5.75 Å². The molecule has 3 rings (SSSR count). The highest BCUT2D eigenvalue weighted by Gasteiger charge is 2.17. The van der Waals surface area contributed by atoms with Crippen molar-refractivity contribution < 1.29 is 14.3 Å². The van der Waals surface area contributed by atoms with Crippen molar-refractivity contribution in [3.05, 3.63) is 42.0 Å². The molecular formula is C23H32N2O3. The SMILES string of the molecule is COc1ccc2cc([C@H](C)C(=O)NCCCN3CCCO[C@@H](C)C3)ccc2c1. The van der Waals surface area contributed by atoms with E-state index in [0.29, 0.717) is 12.6 Å². The lowest BCUT2D eigenvalue weighted by molar-refractivity contribution is -0.122. The topological polar surface area (TPSA) is 50.8 Å². The Bertz CT molecular complexity index is 793. The van der Waals surface area contributed by atoms with Gasteiger partial charge in [-0.2, -0.15) is 0 Å². The summed E-state index contributed by atoms with van der Waals surface area (Å²) in [6.45, 7) is 8.71. The van der Waals surface area contributed by atoms with Crippen LogP contribution in [-0.4, -0.2) is 56.8 Å². The van der Waals surface area contributed by atoms with Crippen molar-refractivity contribution in [1.82, 2.24) is 10.2 Å². The molecule has 1 aliphatic heterocycles. The summed E-state index contributed by atoms with van der Waals surface area (Å²) in [7, 11) is 1.67. The molecule has 0 unspecified atom stereocenters. The number of nitrogens with zero attached hydrogens (tertiary/aromatic N) is 1. The van der Waals surface area contributed by atoms with Gasteiger partial charge in [0.2, 0.25) is 5.91 Å². The molecule has 28 heavy (non-hydrogen) atoms. The maximum absolute atomic E-state index is 12.6. The molecule has 0 saturated carbocycles. The number of nitrogens with one attached hydrogen (secondary N) is 1. The predicted octanol–water partition coefficient (Wildman–Crippen LogP) is 3.57. The molecule has 0 bridgehead atoms. The van der Waals surface area contributed by atoms with Gasteiger partial charge in [0.15, 0.2) is 0 Å². The van der Waals surface area contributed by atoms with Crippen molar-refractivity contribution in [3.63, 3.8) is 0 Å². The Morgan fingerprint density at radius 1 is 1.29 bits per heavy atom. The molecule has 1 heterocycles. The van der Waals surface area contributed by atoms with E-state index in [1.807, 2.05) is 31.2 Å². The summed E-state index contributed by atoms with van der Waals surface area (Å²) >= 11 is 0. The van der Waals surface area contributed by atoms with Gasteiger partial charge in [0, 0.05) is 26.2 Å². The summed E-state index contributed by atoms with van der Waals surface area (Å²) in [5, 5.41) is 5.33. The molecular weight excluding hydrogens is 352 g/mol. The number of ether oxygens (including phenoxy) is 2. The monoisotopic (exact) mass is 384 g/mol. The third-order valence-electron chi connectivity index (χ3n) is 5.45. The Labute approximate surface area is 168 Å². The Hall–Kier alpha value is -2.11. The molecule has 1 amide bonds. The minimum Gasteiger partial charge on any atom is -0.497 e. The first kappa shape index (κ1) is 20.6. The molecule has 0 radical (unpaired) electrons. The first-order valence-corrected chi connectivity index (χ1v) is 10.3. The first-order valence-electron chi connectivity index (χ1n) is 10.3. The van der Waals surface area contributed by atoms with E-state index in [2.05, 4.69) is 29.3 Å². The van der Waals surface area contributed by atoms with Crippen LogP contribution in [0.5, 0.6) is 5.75 Å². The number of carbonyl (C=O) groups is 1. The number of rotatable bonds is 7. The zero-order chi connectivity index (χ0) is 19.9. The number of methoxy groups -OCH3 is 1. The highest BCUT2D eigenvalue weighted by molar-refractivity contribution is 5.88. The molecule has 0 spiro atoms. The van der Waals surface area contributed by atoms with Gasteiger partial charge in [0.05, 0.1) is 19.1 Å². The Kier molecular flexibility index (Phi) is 7.29. The van der Waals surface area contributed by atoms with Crippen molar-refractivity contribution in [2.75, 3.05) is 39.9 Å². The number of hydrogen-bond acceptors (Lipinski definition) is 4. The van der Waals surface area contributed by atoms with Gasteiger partial charge in [-0.15, -0.1) is 0 Å². The van der Waals surface area contributed by atoms with Crippen LogP contribution in [-0.2, 0) is 9.53 Å². The highest BCUT2D eigenvalue weighted by atomic mass is 16.5. The van der Waals surface area contributed by atoms with Crippen LogP contribution < -0.4 is 10.1 Å². The molecule has 1 saturated heterocycles. The number of hydrogen-bond donors (Lipinski definition) is 1. The zero-order valence-corrected chi connectivity index (χ0v) is 17.2. The summed E-state index contributed by atoms with van der Waals surface area (Å²) in [4.78, 5) is 15.0. The second-order valence-electron chi connectivity index (χ2n) is 7.67. The van der Waals surface area contributed by atoms with Crippen molar-refractivity contribution in [2.24, 2.45) is 0 Å². The average Bonchev–Trinajstić information content (AvgIpc) is 2.93. The largest absolute Gasteiger partial charge is 0.497 e. The van der Waals surface area contributed by atoms with Crippen molar-refractivity contribution in [3.8, 4) is 5.75 Å². The molecule has 5 heteroatoms. The smallest absolute Gasteiger partial charge is 0.227 e. The predicted molar refractivity (Wildman–Crippen MR) is 113 cm³/mol. The van der Waals surface area contributed by atoms with Gasteiger partial charge in [0.25, 0.3) is 0 Å². The van der Waals surface area contributed by atoms with Gasteiger partial charge < -0.3 is 19.7 Å². The molecule has 5 nitrogen and oxygen atoms in total. The summed E-state index contributed by atoms with van der Waals surface area (Å²) in [5.74, 6) is 0.759. The number of amides is 1. The Morgan fingerprint density at radius 2 is 2.07 bits per heavy atom. The molecule has 1 fully saturated rings. The minimum atomic E-state index is -0.168. The van der Waals surface area contributed by atoms with Crippen LogP contribution in [0.1, 0.15) is 38.2 Å². The van der Waals surface area contributed by atoms with Gasteiger partial charge in [-0.3, -0.25) is 4.79 Å². The van der Waals surface area contributed by atoms with Gasteiger partial charge >= 0.3 is 0 Å². The summed E-state index contributed by atoms with van der Waals surface area (Å²) < 4.78 is 11.0. The molecule has 1 aliphatic rings. The van der Waals surface area contributed by atoms with Crippen LogP contribution in [0, 0.1) is 0 Å². The van der Waals surface area contributed by atoms with E-state index in [9.17, 15) is 4.79 Å². The van der Waals surface area contributed by atoms with Crippen molar-refractivity contribution in [2.45, 2.75) is 38.7 Å². The Balaban J connectivity index is 1.49. The quantitative estimate of drug-likeness (QED) is 0.742. The van der Waals surface area contributed by atoms with Crippen molar-refractivity contribution >= 4 is 16.7 Å². The maximum atomic E-state index is 12.6. The van der Waals surface area contributed by atoms with E-state index >= 15 is 0 Å². The Morgan fingerprint density at radius 3 is 2.89 bits per heavy atom. The second kappa shape index (κ2) is 9.89. The van der Waals surface area contributed by atoms with E-state index in [1.54, 1.807) is 7.11 Å². The zero-order valence-electron chi connectivity index (χ0n) is 17.2. The molecule has 152 valence electrons. The fourth-order valence-corrected chi connectivity index (χ4v) is 3.74. The van der Waals surface area contributed by atoms with Gasteiger partial charge in [-0.05, 0) is 61.7 Å². The molecule has 1 N–H and O–H groups in total. The number of fused-ring (bicyclic) bond motifs is 1. The summed E-state index contributed by atoms with van der Waals surface area (Å²) in [5.41, 5.74) is 1.04. The molecule has 0 aliphatic carbocycles. The maximum Gasteiger partial charge on any atom is 0.227 e. The summed E-state index contributed by atoms with van der Waals surface area (Å²) in [6.07, 6.45) is 2.34. The summed E-state index contributed by atoms with van der Waals surface area (Å²) in [6, 6.07) is 12.2. The number of carbonyl (C=O) groups excluding carboxylic acids is 1.